The van der Waals surface area contributed by atoms with Crippen molar-refractivity contribution >= 4 is 46.8 Å². The molecule has 0 spiro atoms. The molecule has 0 aliphatic carbocycles. The molecule has 1 aromatic heterocycles. The van der Waals surface area contributed by atoms with E-state index in [1.54, 1.807) is 49.4 Å². The van der Waals surface area contributed by atoms with E-state index in [0.29, 0.717) is 51.1 Å². The largest absolute Gasteiger partial charge is 0.415 e. The highest BCUT2D eigenvalue weighted by atomic mass is 32.1. The number of likely N-dealkylation sites (N-methyl/N-ethyl adjacent to an activating group) is 2. The summed E-state index contributed by atoms with van der Waals surface area (Å²) >= 11 is 1.44. The Hall–Kier alpha value is -4.45. The van der Waals surface area contributed by atoms with Crippen molar-refractivity contribution in [2.24, 2.45) is 35.5 Å². The first kappa shape index (κ1) is 57.1. The van der Waals surface area contributed by atoms with Crippen LogP contribution in [0.5, 0.6) is 5.75 Å². The van der Waals surface area contributed by atoms with E-state index in [1.165, 1.54) is 11.3 Å². The number of carbonyl (C=O) groups excluding carboxylic acids is 6. The first-order valence-corrected chi connectivity index (χ1v) is 25.9. The van der Waals surface area contributed by atoms with Gasteiger partial charge in [-0.2, -0.15) is 0 Å². The zero-order valence-electron chi connectivity index (χ0n) is 43.9. The van der Waals surface area contributed by atoms with Gasteiger partial charge < -0.3 is 39.5 Å². The van der Waals surface area contributed by atoms with Gasteiger partial charge in [0.15, 0.2) is 0 Å². The number of benzene rings is 1. The fraction of sp³-hybridized carbons (Fsp3) is 0.712. The maximum atomic E-state index is 14.5. The van der Waals surface area contributed by atoms with Crippen LogP contribution in [0.2, 0.25) is 0 Å². The molecule has 17 heteroatoms. The molecule has 0 saturated carbocycles. The molecular formula is C52H83N7O9S. The van der Waals surface area contributed by atoms with Gasteiger partial charge in [0.05, 0.1) is 48.7 Å². The fourth-order valence-electron chi connectivity index (χ4n) is 10.2. The number of aromatic nitrogens is 1. The van der Waals surface area contributed by atoms with E-state index in [-0.39, 0.29) is 71.5 Å². The first-order valence-electron chi connectivity index (χ1n) is 25.0. The third kappa shape index (κ3) is 15.0. The predicted molar refractivity (Wildman–Crippen MR) is 269 cm³/mol. The summed E-state index contributed by atoms with van der Waals surface area (Å²) in [5.41, 5.74) is 0.899. The van der Waals surface area contributed by atoms with Crippen molar-refractivity contribution in [3.05, 3.63) is 46.4 Å². The summed E-state index contributed by atoms with van der Waals surface area (Å²) in [5, 5.41) is 8.88. The summed E-state index contributed by atoms with van der Waals surface area (Å²) in [6.45, 7) is 19.0. The zero-order chi connectivity index (χ0) is 51.3. The molecule has 2 aliphatic heterocycles. The average molecular weight is 982 g/mol. The molecular weight excluding hydrogens is 899 g/mol. The van der Waals surface area contributed by atoms with Gasteiger partial charge in [0.1, 0.15) is 22.6 Å². The Labute approximate surface area is 415 Å². The molecule has 2 fully saturated rings. The number of methoxy groups -OCH3 is 2. The molecule has 16 nitrogen and oxygen atoms in total. The lowest BCUT2D eigenvalue weighted by Gasteiger charge is -2.41. The second-order valence-corrected chi connectivity index (χ2v) is 21.4. The minimum Gasteiger partial charge on any atom is -0.410 e. The van der Waals surface area contributed by atoms with Crippen LogP contribution >= 0.6 is 11.3 Å². The van der Waals surface area contributed by atoms with Crippen LogP contribution in [0.1, 0.15) is 117 Å². The molecule has 0 bridgehead atoms. The molecule has 5 amide bonds. The Kier molecular flexibility index (Phi) is 22.1. The van der Waals surface area contributed by atoms with E-state index < -0.39 is 48.4 Å². The number of hydrogen-bond acceptors (Lipinski definition) is 12. The van der Waals surface area contributed by atoms with Gasteiger partial charge >= 0.3 is 6.09 Å². The van der Waals surface area contributed by atoms with Gasteiger partial charge in [-0.1, -0.05) is 80.9 Å². The van der Waals surface area contributed by atoms with E-state index >= 15 is 0 Å². The molecule has 2 N–H and O–H groups in total. The number of amides is 5. The van der Waals surface area contributed by atoms with Gasteiger partial charge in [-0.25, -0.2) is 9.78 Å². The Balaban J connectivity index is 1.43. The minimum absolute atomic E-state index is 0.00872. The normalized spacial score (nSPS) is 19.2. The molecule has 1 unspecified atom stereocenters. The van der Waals surface area contributed by atoms with Crippen molar-refractivity contribution in [1.29, 1.82) is 0 Å². The molecule has 1 aromatic carbocycles. The third-order valence-corrected chi connectivity index (χ3v) is 15.2. The lowest BCUT2D eigenvalue weighted by Crippen LogP contribution is -2.59. The summed E-state index contributed by atoms with van der Waals surface area (Å²) in [6.07, 6.45) is 3.80. The summed E-state index contributed by atoms with van der Waals surface area (Å²) < 4.78 is 17.9. The molecule has 2 aliphatic rings. The monoisotopic (exact) mass is 982 g/mol. The lowest BCUT2D eigenvalue weighted by atomic mass is 9.87. The quantitative estimate of drug-likeness (QED) is 0.115. The average Bonchev–Trinajstić information content (AvgIpc) is 4.04. The second kappa shape index (κ2) is 26.7. The Morgan fingerprint density at radius 3 is 2.01 bits per heavy atom. The highest BCUT2D eigenvalue weighted by Crippen LogP contribution is 2.31. The number of likely N-dealkylation sites (tertiary alicyclic amines) is 2. The second-order valence-electron chi connectivity index (χ2n) is 20.4. The Morgan fingerprint density at radius 2 is 1.49 bits per heavy atom. The number of piperidine rings is 1. The number of rotatable bonds is 24. The number of nitrogens with zero attached hydrogens (tertiary/aromatic N) is 5. The summed E-state index contributed by atoms with van der Waals surface area (Å²) in [7, 11) is 8.58. The highest BCUT2D eigenvalue weighted by Gasteiger charge is 2.43. The zero-order valence-corrected chi connectivity index (χ0v) is 44.7. The number of ketones is 1. The molecule has 69 heavy (non-hydrogen) atoms. The van der Waals surface area contributed by atoms with Gasteiger partial charge in [0, 0.05) is 64.3 Å². The number of carbonyl (C=O) groups is 6. The van der Waals surface area contributed by atoms with E-state index in [2.05, 4.69) is 15.6 Å². The number of ether oxygens (including phenoxy) is 3. The molecule has 2 saturated heterocycles. The van der Waals surface area contributed by atoms with Crippen LogP contribution in [0, 0.1) is 35.5 Å². The minimum atomic E-state index is -0.780. The third-order valence-electron chi connectivity index (χ3n) is 14.3. The van der Waals surface area contributed by atoms with Crippen LogP contribution in [0.4, 0.5) is 4.79 Å². The molecule has 9 atom stereocenters. The van der Waals surface area contributed by atoms with Crippen LogP contribution in [0.25, 0.3) is 0 Å². The van der Waals surface area contributed by atoms with Gasteiger partial charge in [-0.3, -0.25) is 28.9 Å². The van der Waals surface area contributed by atoms with Crippen LogP contribution < -0.4 is 15.4 Å². The van der Waals surface area contributed by atoms with Crippen molar-refractivity contribution in [1.82, 2.24) is 35.2 Å². The summed E-state index contributed by atoms with van der Waals surface area (Å²) in [4.78, 5) is 93.6. The van der Waals surface area contributed by atoms with Crippen molar-refractivity contribution < 1.29 is 43.0 Å². The van der Waals surface area contributed by atoms with Crippen molar-refractivity contribution in [3.63, 3.8) is 0 Å². The first-order chi connectivity index (χ1) is 32.6. The van der Waals surface area contributed by atoms with Crippen molar-refractivity contribution in [3.8, 4) is 5.75 Å². The standard InChI is InChI=1S/C52H83N7O9S/c1-15-34(8)45(57(12)51(64)43(31(2)3)55-49(63)44(32(4)5)56(10)11)41(66-13)30-42(60)59-25-16-17-40(59)47(67-14)35(9)48(62)54-39(50-53-24-28-69-50)29-36-18-20-38(21-19-36)68-52(65)58-26-22-37(23-27-58)46(61)33(6)7/h18-21,24,28,31-35,37,39-41,43-45,47H,15-17,22-23,25-27,29-30H2,1-14H3,(H,54,62)(H,55,63)/t34-,35+,39-,40-,41+,43-,44?,45-,47+/m0/s1. The predicted octanol–water partition coefficient (Wildman–Crippen LogP) is 6.63. The van der Waals surface area contributed by atoms with Crippen LogP contribution in [0.15, 0.2) is 35.8 Å². The van der Waals surface area contributed by atoms with Crippen LogP contribution in [0.3, 0.4) is 0 Å². The highest BCUT2D eigenvalue weighted by molar-refractivity contribution is 7.09. The van der Waals surface area contributed by atoms with E-state index in [4.69, 9.17) is 14.2 Å². The summed E-state index contributed by atoms with van der Waals surface area (Å²) in [6, 6.07) is 4.71. The Bertz CT molecular complexity index is 1960. The maximum absolute atomic E-state index is 14.5. The molecule has 4 rings (SSSR count). The number of thiazole rings is 1. The number of hydrogen-bond donors (Lipinski definition) is 2. The van der Waals surface area contributed by atoms with E-state index in [9.17, 15) is 28.8 Å². The lowest BCUT2D eigenvalue weighted by molar-refractivity contribution is -0.148. The molecule has 386 valence electrons. The smallest absolute Gasteiger partial charge is 0.410 e. The SMILES string of the molecule is CC[C@H](C)[C@@H]([C@@H](CC(=O)N1CCC[C@H]1[C@H](OC)[C@@H](C)C(=O)N[C@@H](Cc1ccc(OC(=O)N2CCC(C(=O)C(C)C)CC2)cc1)c1nccs1)OC)N(C)C(=O)[C@@H](NC(=O)C(C(C)C)N(C)C)C(C)C. The van der Waals surface area contributed by atoms with E-state index in [0.717, 1.165) is 23.4 Å². The topological polar surface area (TPSA) is 180 Å². The summed E-state index contributed by atoms with van der Waals surface area (Å²) in [5.74, 6) is -1.09. The van der Waals surface area contributed by atoms with Gasteiger partial charge in [0.2, 0.25) is 23.6 Å². The van der Waals surface area contributed by atoms with Gasteiger partial charge in [0.25, 0.3) is 0 Å². The molecule has 0 radical (unpaired) electrons. The van der Waals surface area contributed by atoms with Crippen molar-refractivity contribution in [2.75, 3.05) is 55.0 Å². The van der Waals surface area contributed by atoms with Crippen molar-refractivity contribution in [2.45, 2.75) is 150 Å². The Morgan fingerprint density at radius 1 is 0.841 bits per heavy atom. The van der Waals surface area contributed by atoms with Gasteiger partial charge in [-0.15, -0.1) is 11.3 Å². The molecule has 2 aromatic rings. The fourth-order valence-corrected chi connectivity index (χ4v) is 10.9. The van der Waals surface area contributed by atoms with Crippen LogP contribution in [-0.4, -0.2) is 151 Å². The number of Topliss-reactive ketones (excluding diaryl/α,β-unsaturated/α-hetero) is 1. The number of nitrogens with one attached hydrogen (secondary N) is 2. The van der Waals surface area contributed by atoms with Gasteiger partial charge in [-0.05, 0) is 81.6 Å². The maximum Gasteiger partial charge on any atom is 0.415 e. The van der Waals surface area contributed by atoms with E-state index in [1.807, 2.05) is 104 Å². The molecule has 3 heterocycles. The van der Waals surface area contributed by atoms with Crippen LogP contribution in [-0.2, 0) is 39.9 Å².